The van der Waals surface area contributed by atoms with Crippen molar-refractivity contribution in [1.29, 1.82) is 0 Å². The highest BCUT2D eigenvalue weighted by molar-refractivity contribution is 7.92. The van der Waals surface area contributed by atoms with E-state index < -0.39 is 17.3 Å². The van der Waals surface area contributed by atoms with Gasteiger partial charge in [0, 0.05) is 18.2 Å². The molecule has 0 aliphatic rings. The molecule has 0 saturated carbocycles. The van der Waals surface area contributed by atoms with Crippen LogP contribution in [0.15, 0.2) is 84.9 Å². The molecule has 5 nitrogen and oxygen atoms in total. The number of anilines is 1. The first-order valence-electron chi connectivity index (χ1n) is 12.1. The van der Waals surface area contributed by atoms with Crippen LogP contribution in [-0.2, 0) is 16.2 Å². The molecule has 4 aromatic rings. The lowest BCUT2D eigenvalue weighted by atomic mass is 9.99. The molecule has 4 rings (SSSR count). The number of nitrogens with zero attached hydrogens (tertiary/aromatic N) is 3. The van der Waals surface area contributed by atoms with E-state index in [-0.39, 0.29) is 34.7 Å². The van der Waals surface area contributed by atoms with Gasteiger partial charge in [-0.25, -0.2) is 27.1 Å². The van der Waals surface area contributed by atoms with Crippen molar-refractivity contribution in [1.82, 2.24) is 9.97 Å². The molecule has 0 radical (unpaired) electrons. The average Bonchev–Trinajstić information content (AvgIpc) is 2.89. The van der Waals surface area contributed by atoms with Crippen LogP contribution >= 0.6 is 7.26 Å². The van der Waals surface area contributed by atoms with Crippen LogP contribution in [0, 0.1) is 5.82 Å². The summed E-state index contributed by atoms with van der Waals surface area (Å²) in [6.07, 6.45) is 1.80. The molecule has 0 spiro atoms. The molecule has 200 valence electrons. The van der Waals surface area contributed by atoms with Crippen LogP contribution in [0.3, 0.4) is 0 Å². The van der Waals surface area contributed by atoms with Crippen molar-refractivity contribution in [2.24, 2.45) is 0 Å². The fourth-order valence-corrected chi connectivity index (χ4v) is 8.07. The summed E-state index contributed by atoms with van der Waals surface area (Å²) in [5.41, 5.74) is 3.09. The largest absolute Gasteiger partial charge is 1.00 e. The van der Waals surface area contributed by atoms with Crippen LogP contribution in [0.25, 0.3) is 11.3 Å². The van der Waals surface area contributed by atoms with Crippen LogP contribution in [0.1, 0.15) is 31.0 Å². The SMILES string of the molecule is CC(C)c1nc(N(C)S(C)(=O)=O)nc(-c2ccc(F)cc2)c1C[P+](C)(c1ccccc1)c1ccccc1.[Br-]. The molecule has 0 bridgehead atoms. The van der Waals surface area contributed by atoms with Crippen LogP contribution < -0.4 is 31.9 Å². The Balaban J connectivity index is 0.00000400. The van der Waals surface area contributed by atoms with Crippen molar-refractivity contribution in [2.75, 3.05) is 24.3 Å². The molecule has 0 aliphatic carbocycles. The first-order chi connectivity index (χ1) is 17.5. The maximum atomic E-state index is 13.9. The Kier molecular flexibility index (Phi) is 9.45. The fourth-order valence-electron chi connectivity index (χ4n) is 4.42. The minimum absolute atomic E-state index is 0. The van der Waals surface area contributed by atoms with E-state index in [1.165, 1.54) is 29.8 Å². The van der Waals surface area contributed by atoms with Crippen molar-refractivity contribution < 1.29 is 29.8 Å². The highest BCUT2D eigenvalue weighted by Gasteiger charge is 2.40. The summed E-state index contributed by atoms with van der Waals surface area (Å²) in [7, 11) is -4.11. The maximum absolute atomic E-state index is 13.9. The summed E-state index contributed by atoms with van der Waals surface area (Å²) in [5, 5.41) is 2.50. The van der Waals surface area contributed by atoms with Gasteiger partial charge in [0.25, 0.3) is 0 Å². The Morgan fingerprint density at radius 3 is 1.82 bits per heavy atom. The van der Waals surface area contributed by atoms with E-state index >= 15 is 0 Å². The molecule has 0 saturated heterocycles. The Morgan fingerprint density at radius 2 is 1.37 bits per heavy atom. The second-order valence-corrected chi connectivity index (χ2v) is 15.4. The lowest BCUT2D eigenvalue weighted by Gasteiger charge is -2.27. The number of rotatable bonds is 8. The molecular formula is C29H32BrFN3O2PS. The number of sulfonamides is 1. The molecule has 1 heterocycles. The molecule has 0 amide bonds. The van der Waals surface area contributed by atoms with Gasteiger partial charge in [0.15, 0.2) is 0 Å². The number of hydrogen-bond acceptors (Lipinski definition) is 4. The second-order valence-electron chi connectivity index (χ2n) is 9.65. The third-order valence-corrected chi connectivity index (χ3v) is 11.6. The van der Waals surface area contributed by atoms with Crippen molar-refractivity contribution in [2.45, 2.75) is 25.9 Å². The van der Waals surface area contributed by atoms with Crippen LogP contribution in [0.4, 0.5) is 10.3 Å². The van der Waals surface area contributed by atoms with Crippen molar-refractivity contribution in [3.8, 4) is 11.3 Å². The summed E-state index contributed by atoms with van der Waals surface area (Å²) < 4.78 is 39.8. The molecule has 0 atom stereocenters. The van der Waals surface area contributed by atoms with Gasteiger partial charge in [-0.05, 0) is 54.4 Å². The summed E-state index contributed by atoms with van der Waals surface area (Å²) in [5.74, 6) is -0.236. The number of halogens is 2. The highest BCUT2D eigenvalue weighted by Crippen LogP contribution is 2.57. The van der Waals surface area contributed by atoms with Gasteiger partial charge in [-0.2, -0.15) is 0 Å². The lowest BCUT2D eigenvalue weighted by molar-refractivity contribution is -0.0000108. The average molecular weight is 617 g/mol. The summed E-state index contributed by atoms with van der Waals surface area (Å²) in [6.45, 7) is 6.41. The second kappa shape index (κ2) is 12.0. The molecule has 9 heteroatoms. The predicted octanol–water partition coefficient (Wildman–Crippen LogP) is 2.60. The summed E-state index contributed by atoms with van der Waals surface area (Å²) >= 11 is 0. The Morgan fingerprint density at radius 1 is 0.868 bits per heavy atom. The lowest BCUT2D eigenvalue weighted by Crippen LogP contribution is -3.00. The fraction of sp³-hybridized carbons (Fsp3) is 0.241. The zero-order chi connectivity index (χ0) is 26.8. The van der Waals surface area contributed by atoms with Gasteiger partial charge in [-0.3, -0.25) is 0 Å². The minimum atomic E-state index is -3.58. The van der Waals surface area contributed by atoms with Crippen molar-refractivity contribution in [3.05, 3.63) is 102 Å². The van der Waals surface area contributed by atoms with Crippen LogP contribution in [0.2, 0.25) is 0 Å². The molecule has 38 heavy (non-hydrogen) atoms. The standard InChI is InChI=1S/C29H32FN3O2PS.BrH/c1-21(2)27-26(20-36(4,24-12-8-6-9-13-24)25-14-10-7-11-15-25)28(22-16-18-23(30)19-17-22)32-29(31-27)33(3)37(5,34)35;/h6-19,21H,20H2,1-5H3;1H/q+1;/p-1. The summed E-state index contributed by atoms with van der Waals surface area (Å²) in [4.78, 5) is 9.58. The molecule has 0 fully saturated rings. The van der Waals surface area contributed by atoms with E-state index in [1.807, 2.05) is 26.0 Å². The van der Waals surface area contributed by atoms with Crippen molar-refractivity contribution >= 4 is 33.8 Å². The smallest absolute Gasteiger partial charge is 0.239 e. The van der Waals surface area contributed by atoms with Gasteiger partial charge in [0.05, 0.1) is 48.3 Å². The molecule has 1 aromatic heterocycles. The Bertz CT molecular complexity index is 1450. The number of hydrogen-bond donors (Lipinski definition) is 0. The monoisotopic (exact) mass is 615 g/mol. The third kappa shape index (κ3) is 6.31. The molecule has 0 unspecified atom stereocenters. The van der Waals surface area contributed by atoms with Gasteiger partial charge in [-0.15, -0.1) is 0 Å². The third-order valence-electron chi connectivity index (χ3n) is 6.60. The maximum Gasteiger partial charge on any atom is 0.239 e. The quantitative estimate of drug-likeness (QED) is 0.286. The van der Waals surface area contributed by atoms with Gasteiger partial charge >= 0.3 is 0 Å². The van der Waals surface area contributed by atoms with E-state index in [0.717, 1.165) is 27.4 Å². The van der Waals surface area contributed by atoms with E-state index in [0.29, 0.717) is 11.9 Å². The van der Waals surface area contributed by atoms with Crippen molar-refractivity contribution in [3.63, 3.8) is 0 Å². The number of benzene rings is 3. The zero-order valence-electron chi connectivity index (χ0n) is 22.1. The molecule has 0 aliphatic heterocycles. The van der Waals surface area contributed by atoms with E-state index in [4.69, 9.17) is 9.97 Å². The Labute approximate surface area is 236 Å². The van der Waals surface area contributed by atoms with Gasteiger partial charge in [0.1, 0.15) is 5.82 Å². The normalized spacial score (nSPS) is 11.8. The molecule has 0 N–H and O–H groups in total. The van der Waals surface area contributed by atoms with Crippen LogP contribution in [-0.4, -0.2) is 38.4 Å². The number of aromatic nitrogens is 2. The zero-order valence-corrected chi connectivity index (χ0v) is 25.4. The molecule has 3 aromatic carbocycles. The molecular weight excluding hydrogens is 584 g/mol. The first kappa shape index (κ1) is 29.9. The summed E-state index contributed by atoms with van der Waals surface area (Å²) in [6, 6.07) is 27.1. The van der Waals surface area contributed by atoms with Gasteiger partial charge < -0.3 is 17.0 Å². The van der Waals surface area contributed by atoms with E-state index in [9.17, 15) is 12.8 Å². The Hall–Kier alpha value is -2.67. The van der Waals surface area contributed by atoms with Crippen LogP contribution in [0.5, 0.6) is 0 Å². The van der Waals surface area contributed by atoms with Gasteiger partial charge in [-0.1, -0.05) is 50.2 Å². The predicted molar refractivity (Wildman–Crippen MR) is 153 cm³/mol. The van der Waals surface area contributed by atoms with Gasteiger partial charge in [0.2, 0.25) is 16.0 Å². The highest BCUT2D eigenvalue weighted by atomic mass is 79.9. The van der Waals surface area contributed by atoms with E-state index in [2.05, 4.69) is 55.2 Å². The minimum Gasteiger partial charge on any atom is -1.00 e. The first-order valence-corrected chi connectivity index (χ1v) is 16.3. The van der Waals surface area contributed by atoms with E-state index in [1.54, 1.807) is 12.1 Å². The topological polar surface area (TPSA) is 63.2 Å².